The molecular formula is C30H41ClN2O8. The Kier molecular flexibility index (Phi) is 11.2. The molecule has 1 fully saturated rings. The van der Waals surface area contributed by atoms with Crippen molar-refractivity contribution in [2.75, 3.05) is 20.3 Å². The molecular weight excluding hydrogens is 552 g/mol. The van der Waals surface area contributed by atoms with E-state index in [-0.39, 0.29) is 43.7 Å². The van der Waals surface area contributed by atoms with E-state index in [2.05, 4.69) is 10.6 Å². The standard InChI is InChI=1S/C30H41ClN2O8/c1-17(2)12-24-28(36)40-22(18(3)25-15-39-25)8-7-9-26(34)33-21(14-19-10-11-23(38-6)20(31)13-19)27(35)32-16-30(4,5)29(37)41-24/h7,9-11,13,17-18,21-22,24-25H,8,12,14-16H2,1-6H3,(H,32,35)(H,33,34)/b9-7+/t18-,21?,22-,24-,25-/m0/s1. The fraction of sp³-hybridized carbons (Fsp3) is 0.600. The number of epoxide rings is 1. The summed E-state index contributed by atoms with van der Waals surface area (Å²) in [6.07, 6.45) is 1.81. The average Bonchev–Trinajstić information content (AvgIpc) is 3.75. The molecule has 5 atom stereocenters. The Labute approximate surface area is 246 Å². The summed E-state index contributed by atoms with van der Waals surface area (Å²) in [5.74, 6) is -1.88. The van der Waals surface area contributed by atoms with Gasteiger partial charge in [0.1, 0.15) is 17.9 Å². The van der Waals surface area contributed by atoms with Crippen LogP contribution in [0.1, 0.15) is 53.0 Å². The largest absolute Gasteiger partial charge is 0.495 e. The van der Waals surface area contributed by atoms with E-state index >= 15 is 0 Å². The first kappa shape index (κ1) is 32.4. The summed E-state index contributed by atoms with van der Waals surface area (Å²) in [7, 11) is 1.50. The van der Waals surface area contributed by atoms with Gasteiger partial charge in [-0.2, -0.15) is 0 Å². The highest BCUT2D eigenvalue weighted by Gasteiger charge is 2.40. The number of benzene rings is 1. The van der Waals surface area contributed by atoms with Gasteiger partial charge >= 0.3 is 11.9 Å². The van der Waals surface area contributed by atoms with E-state index in [9.17, 15) is 19.2 Å². The molecule has 1 aromatic carbocycles. The number of hydrogen-bond acceptors (Lipinski definition) is 8. The quantitative estimate of drug-likeness (QED) is 0.364. The van der Waals surface area contributed by atoms with E-state index < -0.39 is 47.4 Å². The predicted octanol–water partition coefficient (Wildman–Crippen LogP) is 3.38. The van der Waals surface area contributed by atoms with E-state index in [1.807, 2.05) is 20.8 Å². The SMILES string of the molecule is COc1ccc(CC2NC(=O)/C=C/C[C@@H]([C@H](C)[C@@H]3CO3)OC(=O)[C@H](CC(C)C)OC(=O)C(C)(C)CNC2=O)cc1Cl. The van der Waals surface area contributed by atoms with Gasteiger partial charge in [0.05, 0.1) is 30.3 Å². The first-order chi connectivity index (χ1) is 19.3. The number of rotatable bonds is 7. The summed E-state index contributed by atoms with van der Waals surface area (Å²) in [5.41, 5.74) is -0.468. The van der Waals surface area contributed by atoms with Gasteiger partial charge < -0.3 is 29.6 Å². The molecule has 0 radical (unpaired) electrons. The monoisotopic (exact) mass is 592 g/mol. The van der Waals surface area contributed by atoms with Gasteiger partial charge in [0.25, 0.3) is 0 Å². The third-order valence-corrected chi connectivity index (χ3v) is 7.48. The number of amides is 2. The van der Waals surface area contributed by atoms with E-state index in [1.165, 1.54) is 13.2 Å². The zero-order chi connectivity index (χ0) is 30.3. The molecule has 10 nitrogen and oxygen atoms in total. The zero-order valence-electron chi connectivity index (χ0n) is 24.5. The van der Waals surface area contributed by atoms with Gasteiger partial charge in [0.2, 0.25) is 11.8 Å². The number of ether oxygens (including phenoxy) is 4. The van der Waals surface area contributed by atoms with E-state index in [0.29, 0.717) is 22.9 Å². The van der Waals surface area contributed by atoms with E-state index in [0.717, 1.165) is 0 Å². The first-order valence-electron chi connectivity index (χ1n) is 13.9. The van der Waals surface area contributed by atoms with Crippen LogP contribution in [0.5, 0.6) is 5.75 Å². The molecule has 0 bridgehead atoms. The van der Waals surface area contributed by atoms with Crippen LogP contribution in [-0.2, 0) is 39.8 Å². The number of cyclic esters (lactones) is 2. The number of halogens is 1. The Morgan fingerprint density at radius 1 is 1.10 bits per heavy atom. The molecule has 2 aliphatic heterocycles. The summed E-state index contributed by atoms with van der Waals surface area (Å²) < 4.78 is 22.2. The summed E-state index contributed by atoms with van der Waals surface area (Å²) in [6.45, 7) is 9.45. The highest BCUT2D eigenvalue weighted by molar-refractivity contribution is 6.32. The van der Waals surface area contributed by atoms with Crippen LogP contribution in [0.2, 0.25) is 5.02 Å². The van der Waals surface area contributed by atoms with Crippen molar-refractivity contribution in [3.63, 3.8) is 0 Å². The molecule has 3 rings (SSSR count). The predicted molar refractivity (Wildman–Crippen MR) is 152 cm³/mol. The molecule has 1 aromatic rings. The van der Waals surface area contributed by atoms with Gasteiger partial charge in [0.15, 0.2) is 6.10 Å². The van der Waals surface area contributed by atoms with Crippen LogP contribution in [0.25, 0.3) is 0 Å². The maximum atomic E-state index is 13.3. The van der Waals surface area contributed by atoms with Crippen molar-refractivity contribution in [2.45, 2.75) is 78.2 Å². The molecule has 11 heteroatoms. The molecule has 1 unspecified atom stereocenters. The second-order valence-corrected chi connectivity index (χ2v) is 12.1. The summed E-state index contributed by atoms with van der Waals surface area (Å²) in [6, 6.07) is 4.16. The lowest BCUT2D eigenvalue weighted by molar-refractivity contribution is -0.179. The molecule has 2 N–H and O–H groups in total. The number of carbonyl (C=O) groups is 4. The molecule has 0 aliphatic carbocycles. The van der Waals surface area contributed by atoms with E-state index in [4.69, 9.17) is 30.5 Å². The fourth-order valence-corrected chi connectivity index (χ4v) is 4.70. The van der Waals surface area contributed by atoms with Crippen LogP contribution in [0.3, 0.4) is 0 Å². The van der Waals surface area contributed by atoms with Crippen molar-refractivity contribution in [2.24, 2.45) is 17.3 Å². The summed E-state index contributed by atoms with van der Waals surface area (Å²) in [5, 5.41) is 5.87. The van der Waals surface area contributed by atoms with Crippen LogP contribution in [0.15, 0.2) is 30.4 Å². The third-order valence-electron chi connectivity index (χ3n) is 7.18. The Balaban J connectivity index is 1.90. The zero-order valence-corrected chi connectivity index (χ0v) is 25.3. The lowest BCUT2D eigenvalue weighted by Crippen LogP contribution is -2.51. The molecule has 226 valence electrons. The number of carbonyl (C=O) groups excluding carboxylic acids is 4. The van der Waals surface area contributed by atoms with Gasteiger partial charge in [-0.1, -0.05) is 44.5 Å². The molecule has 2 amide bonds. The van der Waals surface area contributed by atoms with Crippen LogP contribution < -0.4 is 15.4 Å². The van der Waals surface area contributed by atoms with Crippen LogP contribution in [0.4, 0.5) is 0 Å². The fourth-order valence-electron chi connectivity index (χ4n) is 4.42. The second-order valence-electron chi connectivity index (χ2n) is 11.7. The Morgan fingerprint density at radius 3 is 2.41 bits per heavy atom. The molecule has 0 spiro atoms. The minimum absolute atomic E-state index is 0.0483. The van der Waals surface area contributed by atoms with Crippen molar-refractivity contribution in [3.8, 4) is 5.75 Å². The topological polar surface area (TPSA) is 133 Å². The highest BCUT2D eigenvalue weighted by atomic mass is 35.5. The van der Waals surface area contributed by atoms with Crippen molar-refractivity contribution in [1.82, 2.24) is 10.6 Å². The van der Waals surface area contributed by atoms with Crippen LogP contribution in [-0.4, -0.2) is 68.4 Å². The summed E-state index contributed by atoms with van der Waals surface area (Å²) in [4.78, 5) is 52.6. The Bertz CT molecular complexity index is 1150. The number of hydrogen-bond donors (Lipinski definition) is 2. The number of esters is 2. The average molecular weight is 593 g/mol. The minimum atomic E-state index is -1.17. The number of nitrogens with one attached hydrogen (secondary N) is 2. The van der Waals surface area contributed by atoms with Gasteiger partial charge in [-0.05, 0) is 50.0 Å². The maximum Gasteiger partial charge on any atom is 0.347 e. The first-order valence-corrected chi connectivity index (χ1v) is 14.3. The van der Waals surface area contributed by atoms with Gasteiger partial charge in [-0.3, -0.25) is 14.4 Å². The molecule has 0 aromatic heterocycles. The van der Waals surface area contributed by atoms with Gasteiger partial charge in [0, 0.05) is 25.3 Å². The molecule has 41 heavy (non-hydrogen) atoms. The highest BCUT2D eigenvalue weighted by Crippen LogP contribution is 2.29. The summed E-state index contributed by atoms with van der Waals surface area (Å²) >= 11 is 6.27. The molecule has 0 saturated carbocycles. The van der Waals surface area contributed by atoms with Crippen molar-refractivity contribution in [3.05, 3.63) is 40.9 Å². The molecule has 1 saturated heterocycles. The van der Waals surface area contributed by atoms with Gasteiger partial charge in [-0.15, -0.1) is 0 Å². The lowest BCUT2D eigenvalue weighted by Gasteiger charge is -2.29. The van der Waals surface area contributed by atoms with E-state index in [1.54, 1.807) is 38.1 Å². The Morgan fingerprint density at radius 2 is 1.80 bits per heavy atom. The van der Waals surface area contributed by atoms with Crippen LogP contribution >= 0.6 is 11.6 Å². The second kappa shape index (κ2) is 14.2. The smallest absolute Gasteiger partial charge is 0.347 e. The van der Waals surface area contributed by atoms with Crippen molar-refractivity contribution >= 4 is 35.4 Å². The van der Waals surface area contributed by atoms with Crippen LogP contribution in [0, 0.1) is 17.3 Å². The normalized spacial score (nSPS) is 27.2. The lowest BCUT2D eigenvalue weighted by atomic mass is 9.93. The maximum absolute atomic E-state index is 13.3. The Hall–Kier alpha value is -3.11. The van der Waals surface area contributed by atoms with Crippen molar-refractivity contribution in [1.29, 1.82) is 0 Å². The molecule has 2 aliphatic rings. The molecule has 2 heterocycles. The van der Waals surface area contributed by atoms with Crippen molar-refractivity contribution < 1.29 is 38.1 Å². The number of methoxy groups -OCH3 is 1. The van der Waals surface area contributed by atoms with Gasteiger partial charge in [-0.25, -0.2) is 4.79 Å². The minimum Gasteiger partial charge on any atom is -0.495 e. The third kappa shape index (κ3) is 9.46.